The maximum atomic E-state index is 12.5. The van der Waals surface area contributed by atoms with Gasteiger partial charge in [-0.05, 0) is 11.5 Å². The van der Waals surface area contributed by atoms with Crippen LogP contribution in [-0.4, -0.2) is 45.5 Å². The molecule has 0 spiro atoms. The molecule has 1 aliphatic heterocycles. The molecule has 1 saturated heterocycles. The highest BCUT2D eigenvalue weighted by Gasteiger charge is 2.43. The van der Waals surface area contributed by atoms with Crippen molar-refractivity contribution in [2.24, 2.45) is 0 Å². The van der Waals surface area contributed by atoms with Crippen LogP contribution in [0, 0.1) is 0 Å². The molecule has 0 aliphatic carbocycles. The van der Waals surface area contributed by atoms with Crippen molar-refractivity contribution in [1.29, 1.82) is 0 Å². The van der Waals surface area contributed by atoms with Crippen molar-refractivity contribution in [3.05, 3.63) is 42.5 Å². The number of thioether (sulfide) groups is 1. The second-order valence-electron chi connectivity index (χ2n) is 5.28. The van der Waals surface area contributed by atoms with Crippen molar-refractivity contribution in [3.8, 4) is 0 Å². The number of thiocarbonyl (C=S) groups is 1. The molecule has 2 amide bonds. The predicted octanol–water partition coefficient (Wildman–Crippen LogP) is 2.48. The van der Waals surface area contributed by atoms with E-state index in [1.54, 1.807) is 19.1 Å². The first-order chi connectivity index (χ1) is 11.0. The molecule has 2 aromatic rings. The Morgan fingerprint density at radius 1 is 1.22 bits per heavy atom. The third-order valence-corrected chi connectivity index (χ3v) is 5.00. The number of carbonyl (C=O) groups is 2. The number of rotatable bonds is 3. The Morgan fingerprint density at radius 3 is 2.61 bits per heavy atom. The standard InChI is InChI=1S/C16H15N3O2S2/c1-18(2)19-15(21)13(23-16(19)22)14(20)17-12-9-5-7-10-6-3-4-8-11(10)12/h3-9,13H,1-2H3,(H,17,20)/t13-/m1/s1. The number of hydrogen-bond acceptors (Lipinski definition) is 5. The van der Waals surface area contributed by atoms with E-state index in [1.165, 1.54) is 5.01 Å². The molecule has 118 valence electrons. The molecule has 0 aromatic heterocycles. The van der Waals surface area contributed by atoms with E-state index in [9.17, 15) is 9.59 Å². The SMILES string of the molecule is CN(C)N1C(=O)[C@@H](C(=O)Nc2cccc3ccccc23)SC1=S. The molecule has 23 heavy (non-hydrogen) atoms. The second-order valence-corrected chi connectivity index (χ2v) is 7.02. The second kappa shape index (κ2) is 6.27. The number of nitrogens with zero attached hydrogens (tertiary/aromatic N) is 2. The number of carbonyl (C=O) groups excluding carboxylic acids is 2. The summed E-state index contributed by atoms with van der Waals surface area (Å²) < 4.78 is 0.387. The van der Waals surface area contributed by atoms with E-state index < -0.39 is 5.25 Å². The first-order valence-electron chi connectivity index (χ1n) is 6.99. The molecular weight excluding hydrogens is 330 g/mol. The number of nitrogens with one attached hydrogen (secondary N) is 1. The summed E-state index contributed by atoms with van der Waals surface area (Å²) in [5, 5.41) is 6.89. The van der Waals surface area contributed by atoms with Crippen LogP contribution in [0.3, 0.4) is 0 Å². The van der Waals surface area contributed by atoms with Crippen molar-refractivity contribution in [1.82, 2.24) is 10.0 Å². The summed E-state index contributed by atoms with van der Waals surface area (Å²) in [5.41, 5.74) is 0.690. The van der Waals surface area contributed by atoms with Crippen LogP contribution >= 0.6 is 24.0 Å². The van der Waals surface area contributed by atoms with Gasteiger partial charge in [0.15, 0.2) is 9.57 Å². The Morgan fingerprint density at radius 2 is 1.91 bits per heavy atom. The Hall–Kier alpha value is -1.96. The quantitative estimate of drug-likeness (QED) is 0.684. The molecule has 0 unspecified atom stereocenters. The van der Waals surface area contributed by atoms with E-state index in [4.69, 9.17) is 12.2 Å². The number of hydrazine groups is 1. The van der Waals surface area contributed by atoms with Crippen LogP contribution in [0.5, 0.6) is 0 Å². The summed E-state index contributed by atoms with van der Waals surface area (Å²) >= 11 is 6.28. The first-order valence-corrected chi connectivity index (χ1v) is 8.28. The van der Waals surface area contributed by atoms with Gasteiger partial charge in [-0.15, -0.1) is 0 Å². The van der Waals surface area contributed by atoms with Crippen LogP contribution < -0.4 is 5.32 Å². The van der Waals surface area contributed by atoms with Gasteiger partial charge >= 0.3 is 0 Å². The average Bonchev–Trinajstić information content (AvgIpc) is 2.82. The Kier molecular flexibility index (Phi) is 4.34. The van der Waals surface area contributed by atoms with Gasteiger partial charge < -0.3 is 5.32 Å². The molecule has 1 atom stereocenters. The topological polar surface area (TPSA) is 52.7 Å². The fraction of sp³-hybridized carbons (Fsp3) is 0.188. The number of hydrogen-bond donors (Lipinski definition) is 1. The maximum Gasteiger partial charge on any atom is 0.265 e. The third kappa shape index (κ3) is 2.95. The fourth-order valence-corrected chi connectivity index (χ4v) is 3.92. The van der Waals surface area contributed by atoms with Gasteiger partial charge in [0, 0.05) is 25.2 Å². The molecule has 1 heterocycles. The average molecular weight is 345 g/mol. The van der Waals surface area contributed by atoms with Crippen LogP contribution in [0.2, 0.25) is 0 Å². The lowest BCUT2D eigenvalue weighted by Crippen LogP contribution is -2.44. The minimum atomic E-state index is -0.858. The van der Waals surface area contributed by atoms with E-state index in [0.717, 1.165) is 22.5 Å². The molecule has 0 radical (unpaired) electrons. The van der Waals surface area contributed by atoms with E-state index in [0.29, 0.717) is 10.0 Å². The van der Waals surface area contributed by atoms with Crippen LogP contribution in [-0.2, 0) is 9.59 Å². The van der Waals surface area contributed by atoms with E-state index in [-0.39, 0.29) is 11.8 Å². The molecule has 0 bridgehead atoms. The molecule has 7 heteroatoms. The van der Waals surface area contributed by atoms with Crippen molar-refractivity contribution in [3.63, 3.8) is 0 Å². The summed E-state index contributed by atoms with van der Waals surface area (Å²) in [6.45, 7) is 0. The monoisotopic (exact) mass is 345 g/mol. The number of fused-ring (bicyclic) bond motifs is 1. The van der Waals surface area contributed by atoms with Gasteiger partial charge in [-0.3, -0.25) is 9.59 Å². The lowest BCUT2D eigenvalue weighted by molar-refractivity contribution is -0.137. The fourth-order valence-electron chi connectivity index (χ4n) is 2.46. The van der Waals surface area contributed by atoms with Crippen molar-refractivity contribution in [2.75, 3.05) is 19.4 Å². The molecule has 5 nitrogen and oxygen atoms in total. The van der Waals surface area contributed by atoms with Crippen molar-refractivity contribution >= 4 is 56.6 Å². The molecule has 2 aromatic carbocycles. The van der Waals surface area contributed by atoms with Gasteiger partial charge in [0.05, 0.1) is 0 Å². The minimum absolute atomic E-state index is 0.317. The Balaban J connectivity index is 1.85. The van der Waals surface area contributed by atoms with Gasteiger partial charge in [0.2, 0.25) is 5.91 Å². The molecule has 1 fully saturated rings. The zero-order chi connectivity index (χ0) is 16.6. The van der Waals surface area contributed by atoms with Crippen LogP contribution in [0.15, 0.2) is 42.5 Å². The van der Waals surface area contributed by atoms with E-state index >= 15 is 0 Å². The lowest BCUT2D eigenvalue weighted by atomic mass is 10.1. The van der Waals surface area contributed by atoms with Crippen LogP contribution in [0.4, 0.5) is 5.69 Å². The summed E-state index contributed by atoms with van der Waals surface area (Å²) in [6, 6.07) is 13.4. The Labute approximate surface area is 143 Å². The minimum Gasteiger partial charge on any atom is -0.324 e. The first kappa shape index (κ1) is 15.9. The third-order valence-electron chi connectivity index (χ3n) is 3.51. The van der Waals surface area contributed by atoms with Gasteiger partial charge in [-0.2, -0.15) is 0 Å². The summed E-state index contributed by atoms with van der Waals surface area (Å²) in [7, 11) is 3.44. The maximum absolute atomic E-state index is 12.5. The number of benzene rings is 2. The summed E-state index contributed by atoms with van der Waals surface area (Å²) in [4.78, 5) is 24.9. The highest BCUT2D eigenvalue weighted by Crippen LogP contribution is 2.30. The molecule has 3 rings (SSSR count). The summed E-state index contributed by atoms with van der Waals surface area (Å²) in [5.74, 6) is -0.675. The summed E-state index contributed by atoms with van der Waals surface area (Å²) in [6.07, 6.45) is 0. The number of anilines is 1. The lowest BCUT2D eigenvalue weighted by Gasteiger charge is -2.22. The van der Waals surface area contributed by atoms with Crippen molar-refractivity contribution in [2.45, 2.75) is 5.25 Å². The zero-order valence-corrected chi connectivity index (χ0v) is 14.3. The molecule has 1 N–H and O–H groups in total. The van der Waals surface area contributed by atoms with Crippen LogP contribution in [0.25, 0.3) is 10.8 Å². The zero-order valence-electron chi connectivity index (χ0n) is 12.6. The number of amides is 2. The van der Waals surface area contributed by atoms with Crippen LogP contribution in [0.1, 0.15) is 0 Å². The van der Waals surface area contributed by atoms with E-state index in [1.807, 2.05) is 42.5 Å². The molecule has 0 saturated carbocycles. The highest BCUT2D eigenvalue weighted by atomic mass is 32.2. The largest absolute Gasteiger partial charge is 0.324 e. The smallest absolute Gasteiger partial charge is 0.265 e. The Bertz CT molecular complexity index is 802. The van der Waals surface area contributed by atoms with Gasteiger partial charge in [0.25, 0.3) is 5.91 Å². The van der Waals surface area contributed by atoms with Gasteiger partial charge in [-0.25, -0.2) is 10.0 Å². The van der Waals surface area contributed by atoms with Crippen molar-refractivity contribution < 1.29 is 9.59 Å². The normalized spacial score (nSPS) is 18.0. The molecular formula is C16H15N3O2S2. The predicted molar refractivity (Wildman–Crippen MR) is 97.1 cm³/mol. The van der Waals surface area contributed by atoms with E-state index in [2.05, 4.69) is 5.32 Å². The highest BCUT2D eigenvalue weighted by molar-refractivity contribution is 8.24. The van der Waals surface area contributed by atoms with Gasteiger partial charge in [0.1, 0.15) is 0 Å². The molecule has 1 aliphatic rings. The van der Waals surface area contributed by atoms with Gasteiger partial charge in [-0.1, -0.05) is 60.4 Å².